The number of fused-ring (bicyclic) bond motifs is 1. The average molecular weight is 636 g/mol. The van der Waals surface area contributed by atoms with E-state index in [0.717, 1.165) is 69.6 Å². The highest BCUT2D eigenvalue weighted by Gasteiger charge is 2.21. The maximum Gasteiger partial charge on any atom is 0.339 e. The summed E-state index contributed by atoms with van der Waals surface area (Å²) in [6.07, 6.45) is 2.97. The van der Waals surface area contributed by atoms with Crippen molar-refractivity contribution in [3.63, 3.8) is 0 Å². The van der Waals surface area contributed by atoms with Gasteiger partial charge in [-0.05, 0) is 91.4 Å². The number of benzene rings is 5. The molecule has 6 nitrogen and oxygen atoms in total. The van der Waals surface area contributed by atoms with E-state index in [-0.39, 0.29) is 11.9 Å². The molecule has 0 radical (unpaired) electrons. The van der Waals surface area contributed by atoms with Gasteiger partial charge in [-0.2, -0.15) is 0 Å². The van der Waals surface area contributed by atoms with Crippen LogP contribution in [0.1, 0.15) is 72.6 Å². The number of aryl methyl sites for hydroxylation is 1. The van der Waals surface area contributed by atoms with Gasteiger partial charge in [0, 0.05) is 24.2 Å². The van der Waals surface area contributed by atoms with Crippen LogP contribution in [0.5, 0.6) is 0 Å². The summed E-state index contributed by atoms with van der Waals surface area (Å²) in [6, 6.07) is 39.6. The highest BCUT2D eigenvalue weighted by molar-refractivity contribution is 6.05. The Labute approximate surface area is 282 Å². The summed E-state index contributed by atoms with van der Waals surface area (Å²) in [6.45, 7) is 8.43. The maximum atomic E-state index is 13.2. The molecule has 0 aliphatic rings. The van der Waals surface area contributed by atoms with Gasteiger partial charge in [0.15, 0.2) is 0 Å². The molecule has 0 unspecified atom stereocenters. The second-order valence-electron chi connectivity index (χ2n) is 13.1. The Kier molecular flexibility index (Phi) is 9.53. The molecular formula is C42H41N3O3. The fourth-order valence-corrected chi connectivity index (χ4v) is 5.82. The molecule has 0 aliphatic carbocycles. The van der Waals surface area contributed by atoms with Crippen LogP contribution in [0, 0.1) is 0 Å². The average Bonchev–Trinajstić information content (AvgIpc) is 3.43. The SMILES string of the molecule is CCCCc1nc2ccc(NC(=O)c3ccc(-c4ccccc4)cc3)cc2n1Cc1ccc(-c2ccccc2C(=O)OC(C)(C)C)cc1. The fourth-order valence-electron chi connectivity index (χ4n) is 5.82. The minimum atomic E-state index is -0.575. The van der Waals surface area contributed by atoms with E-state index in [0.29, 0.717) is 17.7 Å². The molecule has 242 valence electrons. The molecule has 1 heterocycles. The summed E-state index contributed by atoms with van der Waals surface area (Å²) < 4.78 is 7.92. The van der Waals surface area contributed by atoms with Crippen molar-refractivity contribution < 1.29 is 14.3 Å². The van der Waals surface area contributed by atoms with Gasteiger partial charge in [0.05, 0.1) is 16.6 Å². The van der Waals surface area contributed by atoms with E-state index in [9.17, 15) is 9.59 Å². The van der Waals surface area contributed by atoms with E-state index in [1.165, 1.54) is 0 Å². The van der Waals surface area contributed by atoms with E-state index in [1.54, 1.807) is 0 Å². The molecule has 0 aliphatic heterocycles. The van der Waals surface area contributed by atoms with Crippen molar-refractivity contribution in [2.45, 2.75) is 59.1 Å². The lowest BCUT2D eigenvalue weighted by Gasteiger charge is -2.20. The monoisotopic (exact) mass is 635 g/mol. The van der Waals surface area contributed by atoms with Crippen LogP contribution < -0.4 is 5.32 Å². The number of aromatic nitrogens is 2. The zero-order valence-electron chi connectivity index (χ0n) is 28.0. The van der Waals surface area contributed by atoms with Crippen molar-refractivity contribution in [2.24, 2.45) is 0 Å². The lowest BCUT2D eigenvalue weighted by Crippen LogP contribution is -2.24. The van der Waals surface area contributed by atoms with Crippen molar-refractivity contribution in [3.05, 3.63) is 144 Å². The third-order valence-corrected chi connectivity index (χ3v) is 8.24. The van der Waals surface area contributed by atoms with E-state index < -0.39 is 5.60 Å². The smallest absolute Gasteiger partial charge is 0.339 e. The van der Waals surface area contributed by atoms with Gasteiger partial charge in [-0.25, -0.2) is 9.78 Å². The van der Waals surface area contributed by atoms with Gasteiger partial charge in [0.1, 0.15) is 11.4 Å². The molecule has 0 saturated carbocycles. The van der Waals surface area contributed by atoms with Gasteiger partial charge in [-0.3, -0.25) is 4.79 Å². The van der Waals surface area contributed by atoms with Crippen LogP contribution in [0.4, 0.5) is 5.69 Å². The van der Waals surface area contributed by atoms with Crippen LogP contribution in [-0.2, 0) is 17.7 Å². The van der Waals surface area contributed by atoms with E-state index in [2.05, 4.69) is 53.2 Å². The molecule has 0 atom stereocenters. The summed E-state index contributed by atoms with van der Waals surface area (Å²) in [5.41, 5.74) is 8.23. The normalized spacial score (nSPS) is 11.4. The van der Waals surface area contributed by atoms with E-state index >= 15 is 0 Å². The number of amides is 1. The number of anilines is 1. The van der Waals surface area contributed by atoms with Gasteiger partial charge >= 0.3 is 5.97 Å². The highest BCUT2D eigenvalue weighted by atomic mass is 16.6. The molecule has 5 aromatic carbocycles. The molecule has 0 fully saturated rings. The van der Waals surface area contributed by atoms with Crippen LogP contribution in [0.15, 0.2) is 121 Å². The highest BCUT2D eigenvalue weighted by Crippen LogP contribution is 2.28. The molecule has 6 heteroatoms. The molecule has 1 aromatic heterocycles. The first-order valence-corrected chi connectivity index (χ1v) is 16.6. The first-order chi connectivity index (χ1) is 23.2. The lowest BCUT2D eigenvalue weighted by atomic mass is 9.98. The summed E-state index contributed by atoms with van der Waals surface area (Å²) in [5, 5.41) is 3.09. The number of carbonyl (C=O) groups excluding carboxylic acids is 2. The topological polar surface area (TPSA) is 73.2 Å². The zero-order valence-corrected chi connectivity index (χ0v) is 28.0. The predicted octanol–water partition coefficient (Wildman–Crippen LogP) is 9.97. The van der Waals surface area contributed by atoms with Crippen LogP contribution in [0.2, 0.25) is 0 Å². The number of carbonyl (C=O) groups is 2. The number of unbranched alkanes of at least 4 members (excludes halogenated alkanes) is 1. The maximum absolute atomic E-state index is 13.2. The number of imidazole rings is 1. The van der Waals surface area contributed by atoms with E-state index in [4.69, 9.17) is 9.72 Å². The third kappa shape index (κ3) is 7.55. The minimum Gasteiger partial charge on any atom is -0.456 e. The molecule has 0 spiro atoms. The second-order valence-corrected chi connectivity index (χ2v) is 13.1. The third-order valence-electron chi connectivity index (χ3n) is 8.24. The standard InChI is InChI=1S/C42H41N3O3/c1-5-6-16-39-44-37-26-25-34(43-40(46)33-23-21-31(22-24-33)30-12-8-7-9-13-30)27-38(37)45(39)28-29-17-19-32(20-18-29)35-14-10-11-15-36(35)41(47)48-42(2,3)4/h7-15,17-27H,5-6,16,28H2,1-4H3,(H,43,46). The van der Waals surface area contributed by atoms with Crippen molar-refractivity contribution in [3.8, 4) is 22.3 Å². The number of rotatable bonds is 10. The minimum absolute atomic E-state index is 0.159. The number of ether oxygens (including phenoxy) is 1. The van der Waals surface area contributed by atoms with Crippen molar-refractivity contribution in [1.82, 2.24) is 9.55 Å². The summed E-state index contributed by atoms with van der Waals surface area (Å²) in [4.78, 5) is 31.2. The van der Waals surface area contributed by atoms with Crippen molar-refractivity contribution >= 4 is 28.6 Å². The van der Waals surface area contributed by atoms with Gasteiger partial charge in [0.25, 0.3) is 5.91 Å². The molecular weight excluding hydrogens is 594 g/mol. The quantitative estimate of drug-likeness (QED) is 0.152. The Morgan fingerprint density at radius 1 is 0.771 bits per heavy atom. The van der Waals surface area contributed by atoms with Crippen molar-refractivity contribution in [1.29, 1.82) is 0 Å². The first kappa shape index (κ1) is 32.5. The predicted molar refractivity (Wildman–Crippen MR) is 194 cm³/mol. The second kappa shape index (κ2) is 14.1. The van der Waals surface area contributed by atoms with Crippen LogP contribution in [-0.4, -0.2) is 27.0 Å². The molecule has 0 saturated heterocycles. The largest absolute Gasteiger partial charge is 0.456 e. The Morgan fingerprint density at radius 2 is 1.44 bits per heavy atom. The molecule has 6 aromatic rings. The Balaban J connectivity index is 1.24. The van der Waals surface area contributed by atoms with Gasteiger partial charge in [-0.15, -0.1) is 0 Å². The Morgan fingerprint density at radius 3 is 2.15 bits per heavy atom. The Bertz CT molecular complexity index is 2040. The van der Waals surface area contributed by atoms with Crippen LogP contribution in [0.3, 0.4) is 0 Å². The van der Waals surface area contributed by atoms with Gasteiger partial charge < -0.3 is 14.6 Å². The first-order valence-electron chi connectivity index (χ1n) is 16.6. The number of nitrogens with zero attached hydrogens (tertiary/aromatic N) is 2. The number of nitrogens with one attached hydrogen (secondary N) is 1. The van der Waals surface area contributed by atoms with Crippen LogP contribution in [0.25, 0.3) is 33.3 Å². The molecule has 48 heavy (non-hydrogen) atoms. The number of esters is 1. The van der Waals surface area contributed by atoms with Crippen molar-refractivity contribution in [2.75, 3.05) is 5.32 Å². The molecule has 1 N–H and O–H groups in total. The summed E-state index contributed by atoms with van der Waals surface area (Å²) >= 11 is 0. The fraction of sp³-hybridized carbons (Fsp3) is 0.214. The Hall–Kier alpha value is -5.49. The zero-order chi connectivity index (χ0) is 33.7. The molecule has 0 bridgehead atoms. The van der Waals surface area contributed by atoms with Gasteiger partial charge in [0.2, 0.25) is 0 Å². The number of hydrogen-bond acceptors (Lipinski definition) is 4. The van der Waals surface area contributed by atoms with E-state index in [1.807, 2.05) is 106 Å². The number of hydrogen-bond donors (Lipinski definition) is 1. The van der Waals surface area contributed by atoms with Crippen LogP contribution >= 0.6 is 0 Å². The van der Waals surface area contributed by atoms with Gasteiger partial charge in [-0.1, -0.05) is 98.3 Å². The summed E-state index contributed by atoms with van der Waals surface area (Å²) in [5.74, 6) is 0.527. The molecule has 1 amide bonds. The summed E-state index contributed by atoms with van der Waals surface area (Å²) in [7, 11) is 0. The lowest BCUT2D eigenvalue weighted by molar-refractivity contribution is 0.00703. The molecule has 6 rings (SSSR count).